The molecule has 0 saturated carbocycles. The topological polar surface area (TPSA) is 35.5 Å². The Morgan fingerprint density at radius 2 is 1.58 bits per heavy atom. The molecule has 0 bridgehead atoms. The molecule has 3 nitrogen and oxygen atoms in total. The molecule has 136 valence electrons. The van der Waals surface area contributed by atoms with Crippen molar-refractivity contribution in [3.05, 3.63) is 29.3 Å². The van der Waals surface area contributed by atoms with E-state index in [2.05, 4.69) is 13.8 Å². The Labute approximate surface area is 147 Å². The second-order valence-corrected chi connectivity index (χ2v) is 6.23. The monoisotopic (exact) mass is 334 g/mol. The van der Waals surface area contributed by atoms with Crippen molar-refractivity contribution in [2.24, 2.45) is 0 Å². The van der Waals surface area contributed by atoms with Crippen LogP contribution in [0.4, 0.5) is 0 Å². The Hall–Kier alpha value is -1.51. The van der Waals surface area contributed by atoms with Gasteiger partial charge in [0, 0.05) is 0 Å². The average Bonchev–Trinajstić information content (AvgIpc) is 2.60. The van der Waals surface area contributed by atoms with Gasteiger partial charge in [-0.25, -0.2) is 4.79 Å². The number of unbranched alkanes of at least 4 members (excludes halogenated alkanes) is 7. The number of esters is 1. The third-order valence-electron chi connectivity index (χ3n) is 4.21. The molecule has 1 aromatic rings. The molecule has 0 saturated heterocycles. The number of carbonyl (C=O) groups is 1. The van der Waals surface area contributed by atoms with Crippen LogP contribution in [0, 0.1) is 0 Å². The van der Waals surface area contributed by atoms with Crippen LogP contribution in [0.25, 0.3) is 0 Å². The minimum absolute atomic E-state index is 0.300. The van der Waals surface area contributed by atoms with Gasteiger partial charge in [0.15, 0.2) is 0 Å². The predicted octanol–water partition coefficient (Wildman–Crippen LogP) is 5.95. The molecular weight excluding hydrogens is 300 g/mol. The highest BCUT2D eigenvalue weighted by atomic mass is 16.5. The fourth-order valence-electron chi connectivity index (χ4n) is 2.70. The molecule has 0 aliphatic carbocycles. The molecule has 0 aromatic heterocycles. The molecule has 0 spiro atoms. The Balaban J connectivity index is 2.38. The first kappa shape index (κ1) is 20.5. The minimum atomic E-state index is -0.300. The summed E-state index contributed by atoms with van der Waals surface area (Å²) < 4.78 is 11.0. The van der Waals surface area contributed by atoms with Crippen molar-refractivity contribution in [3.8, 4) is 5.75 Å². The van der Waals surface area contributed by atoms with Gasteiger partial charge in [0.2, 0.25) is 0 Å². The fourth-order valence-corrected chi connectivity index (χ4v) is 2.70. The summed E-state index contributed by atoms with van der Waals surface area (Å²) in [4.78, 5) is 12.0. The van der Waals surface area contributed by atoms with Gasteiger partial charge in [0.25, 0.3) is 0 Å². The van der Waals surface area contributed by atoms with Crippen molar-refractivity contribution >= 4 is 5.97 Å². The lowest BCUT2D eigenvalue weighted by Gasteiger charge is -2.12. The number of carbonyl (C=O) groups excluding carboxylic acids is 1. The zero-order chi connectivity index (χ0) is 17.6. The van der Waals surface area contributed by atoms with Crippen LogP contribution in [0.15, 0.2) is 18.2 Å². The third-order valence-corrected chi connectivity index (χ3v) is 4.21. The molecule has 1 rings (SSSR count). The smallest absolute Gasteiger partial charge is 0.341 e. The molecule has 0 heterocycles. The lowest BCUT2D eigenvalue weighted by molar-refractivity contribution is 0.0521. The molecule has 0 unspecified atom stereocenters. The summed E-state index contributed by atoms with van der Waals surface area (Å²) in [7, 11) is 0. The number of ether oxygens (including phenoxy) is 2. The standard InChI is InChI=1S/C21H34O3/c1-4-7-8-9-10-11-12-13-16-24-20-17-18(5-2)14-15-19(20)21(22)23-6-3/h14-15,17H,4-13,16H2,1-3H3. The first-order chi connectivity index (χ1) is 11.7. The van der Waals surface area contributed by atoms with Crippen LogP contribution in [0.5, 0.6) is 5.75 Å². The normalized spacial score (nSPS) is 10.6. The van der Waals surface area contributed by atoms with Crippen molar-refractivity contribution in [2.75, 3.05) is 13.2 Å². The second-order valence-electron chi connectivity index (χ2n) is 6.23. The van der Waals surface area contributed by atoms with Crippen molar-refractivity contribution in [2.45, 2.75) is 78.6 Å². The van der Waals surface area contributed by atoms with Gasteiger partial charge < -0.3 is 9.47 Å². The van der Waals surface area contributed by atoms with E-state index in [4.69, 9.17) is 9.47 Å². The molecule has 0 atom stereocenters. The highest BCUT2D eigenvalue weighted by Crippen LogP contribution is 2.22. The summed E-state index contributed by atoms with van der Waals surface area (Å²) in [5.41, 5.74) is 1.71. The van der Waals surface area contributed by atoms with E-state index in [0.29, 0.717) is 24.5 Å². The zero-order valence-electron chi connectivity index (χ0n) is 15.7. The van der Waals surface area contributed by atoms with Crippen molar-refractivity contribution < 1.29 is 14.3 Å². The van der Waals surface area contributed by atoms with Crippen LogP contribution in [0.2, 0.25) is 0 Å². The number of benzene rings is 1. The van der Waals surface area contributed by atoms with Crippen LogP contribution in [-0.2, 0) is 11.2 Å². The number of rotatable bonds is 13. The summed E-state index contributed by atoms with van der Waals surface area (Å²) in [6.45, 7) is 7.21. The summed E-state index contributed by atoms with van der Waals surface area (Å²) in [6.07, 6.45) is 11.1. The number of aryl methyl sites for hydroxylation is 1. The fraction of sp³-hybridized carbons (Fsp3) is 0.667. The Morgan fingerprint density at radius 3 is 2.21 bits per heavy atom. The Morgan fingerprint density at radius 1 is 0.917 bits per heavy atom. The predicted molar refractivity (Wildman–Crippen MR) is 99.9 cm³/mol. The van der Waals surface area contributed by atoms with Crippen LogP contribution in [-0.4, -0.2) is 19.2 Å². The van der Waals surface area contributed by atoms with E-state index >= 15 is 0 Å². The highest BCUT2D eigenvalue weighted by Gasteiger charge is 2.14. The summed E-state index contributed by atoms with van der Waals surface area (Å²) in [5, 5.41) is 0. The molecule has 0 aliphatic rings. The maximum atomic E-state index is 12.0. The van der Waals surface area contributed by atoms with E-state index in [-0.39, 0.29) is 5.97 Å². The first-order valence-electron chi connectivity index (χ1n) is 9.65. The molecule has 0 aliphatic heterocycles. The van der Waals surface area contributed by atoms with E-state index in [1.807, 2.05) is 25.1 Å². The lowest BCUT2D eigenvalue weighted by atomic mass is 10.1. The van der Waals surface area contributed by atoms with Gasteiger partial charge in [-0.3, -0.25) is 0 Å². The molecule has 0 fully saturated rings. The van der Waals surface area contributed by atoms with Crippen molar-refractivity contribution in [3.63, 3.8) is 0 Å². The van der Waals surface area contributed by atoms with Gasteiger partial charge in [-0.05, 0) is 37.5 Å². The average molecular weight is 335 g/mol. The lowest BCUT2D eigenvalue weighted by Crippen LogP contribution is -2.09. The van der Waals surface area contributed by atoms with E-state index in [1.54, 1.807) is 0 Å². The van der Waals surface area contributed by atoms with E-state index in [0.717, 1.165) is 12.8 Å². The molecule has 0 amide bonds. The van der Waals surface area contributed by atoms with Gasteiger partial charge in [-0.1, -0.05) is 64.9 Å². The van der Waals surface area contributed by atoms with Gasteiger partial charge in [-0.2, -0.15) is 0 Å². The van der Waals surface area contributed by atoms with Gasteiger partial charge in [0.1, 0.15) is 11.3 Å². The van der Waals surface area contributed by atoms with Gasteiger partial charge >= 0.3 is 5.97 Å². The van der Waals surface area contributed by atoms with Crippen LogP contribution in [0.1, 0.15) is 88.1 Å². The van der Waals surface area contributed by atoms with E-state index in [9.17, 15) is 4.79 Å². The summed E-state index contributed by atoms with van der Waals surface area (Å²) in [5.74, 6) is 0.363. The first-order valence-corrected chi connectivity index (χ1v) is 9.65. The SMILES string of the molecule is CCCCCCCCCCOc1cc(CC)ccc1C(=O)OCC. The second kappa shape index (κ2) is 12.9. The van der Waals surface area contributed by atoms with Crippen molar-refractivity contribution in [1.82, 2.24) is 0 Å². The quantitative estimate of drug-likeness (QED) is 0.330. The molecule has 0 radical (unpaired) electrons. The van der Waals surface area contributed by atoms with Crippen molar-refractivity contribution in [1.29, 1.82) is 0 Å². The maximum Gasteiger partial charge on any atom is 0.341 e. The number of hydrogen-bond donors (Lipinski definition) is 0. The molecule has 0 N–H and O–H groups in total. The maximum absolute atomic E-state index is 12.0. The largest absolute Gasteiger partial charge is 0.493 e. The Kier molecular flexibility index (Phi) is 11.0. The van der Waals surface area contributed by atoms with E-state index in [1.165, 1.54) is 50.5 Å². The van der Waals surface area contributed by atoms with Crippen LogP contribution < -0.4 is 4.74 Å². The highest BCUT2D eigenvalue weighted by molar-refractivity contribution is 5.92. The zero-order valence-corrected chi connectivity index (χ0v) is 15.7. The van der Waals surface area contributed by atoms with Gasteiger partial charge in [-0.15, -0.1) is 0 Å². The summed E-state index contributed by atoms with van der Waals surface area (Å²) in [6, 6.07) is 5.76. The number of hydrogen-bond acceptors (Lipinski definition) is 3. The minimum Gasteiger partial charge on any atom is -0.493 e. The van der Waals surface area contributed by atoms with Crippen LogP contribution >= 0.6 is 0 Å². The molecular formula is C21H34O3. The molecule has 3 heteroatoms. The Bertz CT molecular complexity index is 468. The molecule has 1 aromatic carbocycles. The van der Waals surface area contributed by atoms with Crippen LogP contribution in [0.3, 0.4) is 0 Å². The van der Waals surface area contributed by atoms with Gasteiger partial charge in [0.05, 0.1) is 13.2 Å². The summed E-state index contributed by atoms with van der Waals surface area (Å²) >= 11 is 0. The van der Waals surface area contributed by atoms with E-state index < -0.39 is 0 Å². The molecule has 24 heavy (non-hydrogen) atoms. The third kappa shape index (κ3) is 7.85.